The molecule has 0 aromatic heterocycles. The van der Waals surface area contributed by atoms with E-state index in [9.17, 15) is 18.0 Å². The second-order valence-electron chi connectivity index (χ2n) is 5.51. The average molecular weight is 403 g/mol. The molecule has 2 aromatic rings. The van der Waals surface area contributed by atoms with Gasteiger partial charge >= 0.3 is 12.2 Å². The lowest BCUT2D eigenvalue weighted by atomic mass is 10.1. The zero-order valence-electron chi connectivity index (χ0n) is 14.6. The fourth-order valence-electron chi connectivity index (χ4n) is 2.38. The van der Waals surface area contributed by atoms with Crippen molar-refractivity contribution in [2.45, 2.75) is 12.6 Å². The van der Waals surface area contributed by atoms with E-state index in [0.717, 1.165) is 17.7 Å². The van der Waals surface area contributed by atoms with Crippen LogP contribution < -0.4 is 20.1 Å². The summed E-state index contributed by atoms with van der Waals surface area (Å²) >= 11 is 5.61. The van der Waals surface area contributed by atoms with Gasteiger partial charge in [-0.3, -0.25) is 0 Å². The van der Waals surface area contributed by atoms with Gasteiger partial charge in [-0.15, -0.1) is 0 Å². The number of amides is 2. The smallest absolute Gasteiger partial charge is 0.418 e. The molecule has 2 amide bonds. The zero-order chi connectivity index (χ0) is 20.0. The Morgan fingerprint density at radius 2 is 1.78 bits per heavy atom. The molecule has 0 atom stereocenters. The van der Waals surface area contributed by atoms with Crippen LogP contribution in [-0.2, 0) is 12.6 Å². The van der Waals surface area contributed by atoms with Crippen LogP contribution in [0.15, 0.2) is 36.4 Å². The normalized spacial score (nSPS) is 11.0. The SMILES string of the molecule is COc1ccc(CCNC(=O)Nc2ccc(Cl)cc2C(F)(F)F)cc1OC. The van der Waals surface area contributed by atoms with Gasteiger partial charge in [-0.05, 0) is 42.3 Å². The van der Waals surface area contributed by atoms with Gasteiger partial charge in [0, 0.05) is 11.6 Å². The average Bonchev–Trinajstić information content (AvgIpc) is 2.62. The lowest BCUT2D eigenvalue weighted by molar-refractivity contribution is -0.136. The Morgan fingerprint density at radius 1 is 1.07 bits per heavy atom. The Hall–Kier alpha value is -2.61. The highest BCUT2D eigenvalue weighted by Crippen LogP contribution is 2.36. The zero-order valence-corrected chi connectivity index (χ0v) is 15.4. The van der Waals surface area contributed by atoms with Crippen LogP contribution in [0.2, 0.25) is 5.02 Å². The number of halogens is 4. The summed E-state index contributed by atoms with van der Waals surface area (Å²) in [5.41, 5.74) is -0.504. The first-order valence-corrected chi connectivity index (χ1v) is 8.25. The molecule has 0 aliphatic carbocycles. The topological polar surface area (TPSA) is 59.6 Å². The van der Waals surface area contributed by atoms with Gasteiger partial charge in [0.15, 0.2) is 11.5 Å². The summed E-state index contributed by atoms with van der Waals surface area (Å²) in [6, 6.07) is 7.71. The van der Waals surface area contributed by atoms with Gasteiger partial charge in [-0.25, -0.2) is 4.79 Å². The van der Waals surface area contributed by atoms with Crippen LogP contribution in [0.4, 0.5) is 23.7 Å². The maximum absolute atomic E-state index is 13.0. The monoisotopic (exact) mass is 402 g/mol. The van der Waals surface area contributed by atoms with Crippen molar-refractivity contribution in [1.82, 2.24) is 5.32 Å². The maximum Gasteiger partial charge on any atom is 0.418 e. The molecule has 0 aliphatic rings. The molecule has 0 saturated carbocycles. The van der Waals surface area contributed by atoms with Gasteiger partial charge in [0.25, 0.3) is 0 Å². The quantitative estimate of drug-likeness (QED) is 0.733. The van der Waals surface area contributed by atoms with E-state index in [1.54, 1.807) is 12.1 Å². The number of ether oxygens (including phenoxy) is 2. The molecular weight excluding hydrogens is 385 g/mol. The number of methoxy groups -OCH3 is 2. The van der Waals surface area contributed by atoms with Crippen LogP contribution in [0.5, 0.6) is 11.5 Å². The molecule has 0 bridgehead atoms. The molecule has 9 heteroatoms. The summed E-state index contributed by atoms with van der Waals surface area (Å²) in [5.74, 6) is 1.13. The number of hydrogen-bond acceptors (Lipinski definition) is 3. The second kappa shape index (κ2) is 8.85. The number of alkyl halides is 3. The number of benzene rings is 2. The number of rotatable bonds is 6. The number of anilines is 1. The van der Waals surface area contributed by atoms with Crippen LogP contribution in [0.25, 0.3) is 0 Å². The molecule has 0 fully saturated rings. The van der Waals surface area contributed by atoms with E-state index in [1.807, 2.05) is 6.07 Å². The minimum absolute atomic E-state index is 0.0678. The third kappa shape index (κ3) is 5.68. The lowest BCUT2D eigenvalue weighted by Crippen LogP contribution is -2.31. The van der Waals surface area contributed by atoms with Gasteiger partial charge in [0.2, 0.25) is 0 Å². The second-order valence-corrected chi connectivity index (χ2v) is 5.94. The summed E-state index contributed by atoms with van der Waals surface area (Å²) in [7, 11) is 3.03. The Labute approximate surface area is 159 Å². The highest BCUT2D eigenvalue weighted by molar-refractivity contribution is 6.30. The van der Waals surface area contributed by atoms with Crippen LogP contribution in [0, 0.1) is 0 Å². The minimum atomic E-state index is -4.63. The van der Waals surface area contributed by atoms with E-state index in [4.69, 9.17) is 21.1 Å². The van der Waals surface area contributed by atoms with Crippen molar-refractivity contribution in [1.29, 1.82) is 0 Å². The van der Waals surface area contributed by atoms with Gasteiger partial charge in [0.1, 0.15) is 0 Å². The molecule has 5 nitrogen and oxygen atoms in total. The molecule has 0 spiro atoms. The highest BCUT2D eigenvalue weighted by atomic mass is 35.5. The molecule has 27 heavy (non-hydrogen) atoms. The standard InChI is InChI=1S/C18H18ClF3N2O3/c1-26-15-6-3-11(9-16(15)27-2)7-8-23-17(25)24-14-5-4-12(19)10-13(14)18(20,21)22/h3-6,9-10H,7-8H2,1-2H3,(H2,23,24,25). The summed E-state index contributed by atoms with van der Waals surface area (Å²) in [5, 5.41) is 4.65. The van der Waals surface area contributed by atoms with Gasteiger partial charge in [0.05, 0.1) is 25.5 Å². The molecule has 2 aromatic carbocycles. The third-order valence-corrected chi connectivity index (χ3v) is 3.92. The Bertz CT molecular complexity index is 813. The molecular formula is C18H18ClF3N2O3. The number of carbonyl (C=O) groups excluding carboxylic acids is 1. The molecule has 0 unspecified atom stereocenters. The number of urea groups is 1. The first-order valence-electron chi connectivity index (χ1n) is 7.87. The Kier molecular flexibility index (Phi) is 6.79. The van der Waals surface area contributed by atoms with Crippen molar-refractivity contribution in [2.24, 2.45) is 0 Å². The van der Waals surface area contributed by atoms with Crippen molar-refractivity contribution in [3.8, 4) is 11.5 Å². The Morgan fingerprint density at radius 3 is 2.41 bits per heavy atom. The number of carbonyl (C=O) groups is 1. The highest BCUT2D eigenvalue weighted by Gasteiger charge is 2.34. The fraction of sp³-hybridized carbons (Fsp3) is 0.278. The summed E-state index contributed by atoms with van der Waals surface area (Å²) in [4.78, 5) is 11.9. The van der Waals surface area contributed by atoms with Crippen molar-refractivity contribution in [2.75, 3.05) is 26.1 Å². The fourth-order valence-corrected chi connectivity index (χ4v) is 2.56. The van der Waals surface area contributed by atoms with E-state index in [2.05, 4.69) is 10.6 Å². The summed E-state index contributed by atoms with van der Waals surface area (Å²) in [6.07, 6.45) is -4.17. The van der Waals surface area contributed by atoms with Crippen LogP contribution in [-0.4, -0.2) is 26.8 Å². The number of hydrogen-bond donors (Lipinski definition) is 2. The molecule has 146 valence electrons. The number of nitrogens with one attached hydrogen (secondary N) is 2. The summed E-state index contributed by atoms with van der Waals surface area (Å²) in [6.45, 7) is 0.219. The molecule has 0 saturated heterocycles. The van der Waals surface area contributed by atoms with E-state index in [1.165, 1.54) is 20.3 Å². The molecule has 0 heterocycles. The van der Waals surface area contributed by atoms with Crippen molar-refractivity contribution in [3.63, 3.8) is 0 Å². The van der Waals surface area contributed by atoms with Gasteiger partial charge in [-0.1, -0.05) is 17.7 Å². The largest absolute Gasteiger partial charge is 0.493 e. The van der Waals surface area contributed by atoms with E-state index in [0.29, 0.717) is 17.9 Å². The molecule has 0 radical (unpaired) electrons. The first-order chi connectivity index (χ1) is 12.7. The molecule has 2 N–H and O–H groups in total. The van der Waals surface area contributed by atoms with Gasteiger partial charge in [-0.2, -0.15) is 13.2 Å². The van der Waals surface area contributed by atoms with Gasteiger partial charge < -0.3 is 20.1 Å². The predicted molar refractivity (Wildman–Crippen MR) is 96.7 cm³/mol. The molecule has 2 rings (SSSR count). The Balaban J connectivity index is 1.96. The predicted octanol–water partition coefficient (Wildman–Crippen LogP) is 4.74. The van der Waals surface area contributed by atoms with E-state index in [-0.39, 0.29) is 17.3 Å². The lowest BCUT2D eigenvalue weighted by Gasteiger charge is -2.15. The minimum Gasteiger partial charge on any atom is -0.493 e. The van der Waals surface area contributed by atoms with E-state index >= 15 is 0 Å². The van der Waals surface area contributed by atoms with Crippen molar-refractivity contribution >= 4 is 23.3 Å². The van der Waals surface area contributed by atoms with Crippen molar-refractivity contribution < 1.29 is 27.4 Å². The molecule has 0 aliphatic heterocycles. The van der Waals surface area contributed by atoms with Crippen LogP contribution >= 0.6 is 11.6 Å². The van der Waals surface area contributed by atoms with Crippen LogP contribution in [0.1, 0.15) is 11.1 Å². The third-order valence-electron chi connectivity index (χ3n) is 3.68. The maximum atomic E-state index is 13.0. The summed E-state index contributed by atoms with van der Waals surface area (Å²) < 4.78 is 49.4. The van der Waals surface area contributed by atoms with Crippen molar-refractivity contribution in [3.05, 3.63) is 52.5 Å². The van der Waals surface area contributed by atoms with Crippen LogP contribution in [0.3, 0.4) is 0 Å². The first kappa shape index (κ1) is 20.7. The van der Waals surface area contributed by atoms with E-state index < -0.39 is 17.8 Å².